The zero-order chi connectivity index (χ0) is 48.7. The number of rotatable bonds is 4. The van der Waals surface area contributed by atoms with Crippen LogP contribution in [0, 0.1) is 0 Å². The number of aryl methyl sites for hydroxylation is 4. The van der Waals surface area contributed by atoms with Gasteiger partial charge in [-0.05, 0) is 82.6 Å². The minimum absolute atomic E-state index is 1.09. The minimum atomic E-state index is -6.00. The van der Waals surface area contributed by atoms with Gasteiger partial charge in [0, 0.05) is 58.3 Å². The zero-order valence-corrected chi connectivity index (χ0v) is 34.3. The van der Waals surface area contributed by atoms with Gasteiger partial charge in [0.25, 0.3) is 5.82 Å². The predicted molar refractivity (Wildman–Crippen MR) is 221 cm³/mol. The predicted octanol–water partition coefficient (Wildman–Crippen LogP) is 11.6. The first-order valence-corrected chi connectivity index (χ1v) is 18.8. The van der Waals surface area contributed by atoms with Crippen molar-refractivity contribution in [1.82, 2.24) is 4.98 Å². The van der Waals surface area contributed by atoms with Gasteiger partial charge in [-0.3, -0.25) is 0 Å². The second-order valence-electron chi connectivity index (χ2n) is 14.0. The summed E-state index contributed by atoms with van der Waals surface area (Å²) in [6.45, 7) is 0. The van der Waals surface area contributed by atoms with Crippen LogP contribution in [0.4, 0.5) is 69.1 Å². The van der Waals surface area contributed by atoms with Crippen molar-refractivity contribution >= 4 is 61.6 Å². The number of nitrogens with zero attached hydrogens (tertiary/aromatic N) is 4. The number of aromatic nitrogens is 5. The van der Waals surface area contributed by atoms with Crippen molar-refractivity contribution < 1.29 is 87.3 Å². The van der Waals surface area contributed by atoms with Crippen molar-refractivity contribution in [2.75, 3.05) is 0 Å². The number of aromatic amines is 1. The molecule has 0 spiro atoms. The average molecular weight is 933 g/mol. The Balaban J connectivity index is 0.000000390. The number of hydrogen-bond donors (Lipinski definition) is 1. The summed E-state index contributed by atoms with van der Waals surface area (Å²) in [6, 6.07) is 39.7. The Labute approximate surface area is 360 Å². The van der Waals surface area contributed by atoms with E-state index in [-0.39, 0.29) is 0 Å². The van der Waals surface area contributed by atoms with E-state index in [1.807, 2.05) is 7.05 Å². The molecule has 4 aromatic carbocycles. The lowest BCUT2D eigenvalue weighted by molar-refractivity contribution is -0.671. The Kier molecular flexibility index (Phi) is 16.1. The molecule has 0 aliphatic heterocycles. The number of halogens is 16. The van der Waals surface area contributed by atoms with E-state index in [0.717, 1.165) is 16.9 Å². The minimum Gasteiger partial charge on any atom is -0.418 e. The molecule has 0 fully saturated rings. The number of imidazole rings is 1. The van der Waals surface area contributed by atoms with Gasteiger partial charge in [0.15, 0.2) is 35.8 Å². The molecule has 5 nitrogen and oxygen atoms in total. The molecule has 0 aliphatic rings. The van der Waals surface area contributed by atoms with E-state index in [4.69, 9.17) is 0 Å². The largest absolute Gasteiger partial charge is 0.673 e. The summed E-state index contributed by atoms with van der Waals surface area (Å²) in [4.78, 5) is 3.86. The van der Waals surface area contributed by atoms with Crippen LogP contribution >= 0.6 is 0 Å². The number of fused-ring (bicyclic) bond motifs is 6. The monoisotopic (exact) mass is 933 g/mol. The molecule has 344 valence electrons. The maximum atomic E-state index is 9.75. The molecule has 0 amide bonds. The standard InChI is InChI=1S/C40H34N5.4BF4/c1-42-23-19-28(20-24-42)27-11-13-29(14-12-27)40-41-38-32-17-15-30(36-9-5-7-21-43(36)2)25-34(32)35-26-31(37-10-6-8-22-44(37)3)16-18-33(35)39(38)45(40)4;4*2-1(3,4)5/h5-26H,1-4H3;;;;/q+3;4*-1/p+1. The molecular formula is C40H35B4F16N5. The maximum Gasteiger partial charge on any atom is 0.673 e. The van der Waals surface area contributed by atoms with Gasteiger partial charge in [-0.2, -0.15) is 0 Å². The lowest BCUT2D eigenvalue weighted by Gasteiger charge is -2.09. The molecule has 0 bridgehead atoms. The fourth-order valence-corrected chi connectivity index (χ4v) is 6.75. The molecule has 0 radical (unpaired) electrons. The molecule has 4 heterocycles. The van der Waals surface area contributed by atoms with Crippen molar-refractivity contribution in [2.24, 2.45) is 28.2 Å². The van der Waals surface area contributed by atoms with E-state index < -0.39 is 29.0 Å². The topological polar surface area (TPSA) is 31.3 Å². The van der Waals surface area contributed by atoms with Crippen LogP contribution in [0.15, 0.2) is 134 Å². The third-order valence-corrected chi connectivity index (χ3v) is 9.18. The van der Waals surface area contributed by atoms with Crippen LogP contribution in [-0.4, -0.2) is 34.0 Å². The molecule has 1 N–H and O–H groups in total. The molecule has 0 aliphatic carbocycles. The van der Waals surface area contributed by atoms with E-state index in [1.165, 1.54) is 60.7 Å². The molecule has 0 saturated carbocycles. The van der Waals surface area contributed by atoms with Crippen LogP contribution in [0.25, 0.3) is 77.6 Å². The van der Waals surface area contributed by atoms with Crippen molar-refractivity contribution in [3.05, 3.63) is 134 Å². The number of H-pyrrole nitrogens is 1. The maximum absolute atomic E-state index is 9.75. The summed E-state index contributed by atoms with van der Waals surface area (Å²) in [5.41, 5.74) is 10.7. The van der Waals surface area contributed by atoms with Gasteiger partial charge >= 0.3 is 29.0 Å². The number of benzene rings is 4. The van der Waals surface area contributed by atoms with Gasteiger partial charge in [-0.15, -0.1) is 0 Å². The van der Waals surface area contributed by atoms with Crippen molar-refractivity contribution in [3.63, 3.8) is 0 Å². The smallest absolute Gasteiger partial charge is 0.418 e. The van der Waals surface area contributed by atoms with Gasteiger partial charge in [0.05, 0.1) is 12.6 Å². The second-order valence-corrected chi connectivity index (χ2v) is 14.0. The van der Waals surface area contributed by atoms with Gasteiger partial charge in [-0.1, -0.05) is 12.1 Å². The third-order valence-electron chi connectivity index (χ3n) is 9.18. The first-order chi connectivity index (χ1) is 30.0. The Hall–Kier alpha value is -6.54. The van der Waals surface area contributed by atoms with Gasteiger partial charge in [0.2, 0.25) is 11.4 Å². The molecule has 0 saturated heterocycles. The van der Waals surface area contributed by atoms with Crippen molar-refractivity contribution in [3.8, 4) is 45.0 Å². The molecular weight excluding hydrogens is 898 g/mol. The molecule has 8 aromatic rings. The summed E-state index contributed by atoms with van der Waals surface area (Å²) in [7, 11) is -15.6. The van der Waals surface area contributed by atoms with Gasteiger partial charge in [-0.25, -0.2) is 23.3 Å². The van der Waals surface area contributed by atoms with Crippen LogP contribution in [-0.2, 0) is 28.2 Å². The lowest BCUT2D eigenvalue weighted by Crippen LogP contribution is -2.30. The van der Waals surface area contributed by atoms with Gasteiger partial charge < -0.3 is 69.1 Å². The Bertz CT molecular complexity index is 2790. The Morgan fingerprint density at radius 3 is 1.14 bits per heavy atom. The van der Waals surface area contributed by atoms with Gasteiger partial charge in [0.1, 0.15) is 21.1 Å². The fourth-order valence-electron chi connectivity index (χ4n) is 6.75. The van der Waals surface area contributed by atoms with E-state index in [2.05, 4.69) is 178 Å². The van der Waals surface area contributed by atoms with Crippen molar-refractivity contribution in [2.45, 2.75) is 0 Å². The third kappa shape index (κ3) is 15.9. The second kappa shape index (κ2) is 20.5. The summed E-state index contributed by atoms with van der Waals surface area (Å²) in [6.07, 6.45) is 8.39. The highest BCUT2D eigenvalue weighted by molar-refractivity contribution is 6.51. The molecule has 4 aromatic heterocycles. The number of nitrogens with one attached hydrogen (secondary N) is 1. The fraction of sp³-hybridized carbons (Fsp3) is 0.100. The molecule has 8 rings (SSSR count). The highest BCUT2D eigenvalue weighted by Crippen LogP contribution is 2.38. The van der Waals surface area contributed by atoms with E-state index in [1.54, 1.807) is 0 Å². The van der Waals surface area contributed by atoms with Crippen LogP contribution in [0.1, 0.15) is 0 Å². The first-order valence-electron chi connectivity index (χ1n) is 18.8. The van der Waals surface area contributed by atoms with Crippen LogP contribution in [0.2, 0.25) is 0 Å². The summed E-state index contributed by atoms with van der Waals surface area (Å²) < 4.78 is 165. The van der Waals surface area contributed by atoms with Crippen LogP contribution < -0.4 is 18.3 Å². The van der Waals surface area contributed by atoms with E-state index in [9.17, 15) is 69.1 Å². The summed E-state index contributed by atoms with van der Waals surface area (Å²) in [5, 5.41) is 4.92. The number of pyridine rings is 3. The highest BCUT2D eigenvalue weighted by atomic mass is 19.5. The summed E-state index contributed by atoms with van der Waals surface area (Å²) >= 11 is 0. The SMILES string of the molecule is C[n+]1ccc(-c2ccc(-c3[nH]c4c5ccc(-c6cccc[n+]6C)cc5c5cc(-c6cccc[n+]6C)ccc5c4[n+]3C)cc2)cc1.F[B-](F)(F)F.F[B-](F)(F)F.F[B-](F)(F)F.F[B-](F)(F)F. The zero-order valence-electron chi connectivity index (χ0n) is 34.3. The normalized spacial score (nSPS) is 11.7. The molecule has 25 heteroatoms. The summed E-state index contributed by atoms with van der Waals surface area (Å²) in [5.74, 6) is 1.09. The molecule has 0 atom stereocenters. The van der Waals surface area contributed by atoms with E-state index in [0.29, 0.717) is 0 Å². The van der Waals surface area contributed by atoms with Crippen LogP contribution in [0.5, 0.6) is 0 Å². The molecule has 0 unspecified atom stereocenters. The van der Waals surface area contributed by atoms with Crippen molar-refractivity contribution in [1.29, 1.82) is 0 Å². The number of hydrogen-bond acceptors (Lipinski definition) is 0. The Morgan fingerprint density at radius 2 is 0.723 bits per heavy atom. The lowest BCUT2D eigenvalue weighted by atomic mass is 9.95. The first kappa shape index (κ1) is 51.1. The molecule has 65 heavy (non-hydrogen) atoms. The average Bonchev–Trinajstić information content (AvgIpc) is 3.53. The van der Waals surface area contributed by atoms with E-state index >= 15 is 0 Å². The Morgan fingerprint density at radius 1 is 0.369 bits per heavy atom. The highest BCUT2D eigenvalue weighted by Gasteiger charge is 2.26. The van der Waals surface area contributed by atoms with Crippen LogP contribution in [0.3, 0.4) is 0 Å². The quantitative estimate of drug-likeness (QED) is 0.0789.